The van der Waals surface area contributed by atoms with Gasteiger partial charge in [0.05, 0.1) is 16.4 Å². The largest absolute Gasteiger partial charge is 0.323 e. The van der Waals surface area contributed by atoms with Gasteiger partial charge in [-0.3, -0.25) is 14.9 Å². The zero-order valence-electron chi connectivity index (χ0n) is 11.4. The van der Waals surface area contributed by atoms with E-state index in [4.69, 9.17) is 0 Å². The predicted molar refractivity (Wildman–Crippen MR) is 78.8 cm³/mol. The lowest BCUT2D eigenvalue weighted by Crippen LogP contribution is -2.15. The van der Waals surface area contributed by atoms with Crippen molar-refractivity contribution in [2.24, 2.45) is 0 Å². The molecule has 0 saturated heterocycles. The summed E-state index contributed by atoms with van der Waals surface area (Å²) >= 11 is 0.912. The molecule has 0 radical (unpaired) electrons. The summed E-state index contributed by atoms with van der Waals surface area (Å²) in [6, 6.07) is 5.90. The Balaban J connectivity index is 2.00. The number of anilines is 1. The molecule has 0 spiro atoms. The van der Waals surface area contributed by atoms with E-state index in [2.05, 4.69) is 5.32 Å². The van der Waals surface area contributed by atoms with E-state index in [1.165, 1.54) is 6.07 Å². The van der Waals surface area contributed by atoms with Gasteiger partial charge in [0, 0.05) is 17.0 Å². The van der Waals surface area contributed by atoms with Crippen molar-refractivity contribution in [2.45, 2.75) is 4.90 Å². The van der Waals surface area contributed by atoms with Crippen LogP contribution in [-0.4, -0.2) is 16.6 Å². The molecule has 1 N–H and O–H groups in total. The zero-order chi connectivity index (χ0) is 17.0. The van der Waals surface area contributed by atoms with Crippen LogP contribution < -0.4 is 5.32 Å². The molecule has 5 nitrogen and oxygen atoms in total. The van der Waals surface area contributed by atoms with Crippen molar-refractivity contribution in [3.05, 3.63) is 64.0 Å². The number of hydrogen-bond donors (Lipinski definition) is 1. The Morgan fingerprint density at radius 1 is 1.09 bits per heavy atom. The topological polar surface area (TPSA) is 72.2 Å². The number of nitro groups is 1. The Labute approximate surface area is 132 Å². The normalized spacial score (nSPS) is 10.4. The van der Waals surface area contributed by atoms with E-state index in [9.17, 15) is 28.1 Å². The SMILES string of the molecule is O=C(CSc1ccc(F)c(F)c1)Nc1cc([N+](=O)[O-])ccc1F. The smallest absolute Gasteiger partial charge is 0.271 e. The molecule has 0 bridgehead atoms. The van der Waals surface area contributed by atoms with Crippen LogP contribution in [0.2, 0.25) is 0 Å². The van der Waals surface area contributed by atoms with Crippen LogP contribution in [0, 0.1) is 27.6 Å². The molecule has 0 unspecified atom stereocenters. The molecule has 2 aromatic carbocycles. The fraction of sp³-hybridized carbons (Fsp3) is 0.0714. The van der Waals surface area contributed by atoms with E-state index < -0.39 is 28.3 Å². The maximum absolute atomic E-state index is 13.5. The van der Waals surface area contributed by atoms with Gasteiger partial charge < -0.3 is 5.32 Å². The second-order valence-electron chi connectivity index (χ2n) is 4.33. The molecule has 0 aliphatic heterocycles. The third-order valence-electron chi connectivity index (χ3n) is 2.70. The minimum atomic E-state index is -1.04. The van der Waals surface area contributed by atoms with Crippen LogP contribution in [-0.2, 0) is 4.79 Å². The molecule has 2 aromatic rings. The van der Waals surface area contributed by atoms with Gasteiger partial charge >= 0.3 is 0 Å². The number of carbonyl (C=O) groups is 1. The van der Waals surface area contributed by atoms with Gasteiger partial charge in [0.15, 0.2) is 11.6 Å². The van der Waals surface area contributed by atoms with Crippen molar-refractivity contribution in [3.8, 4) is 0 Å². The van der Waals surface area contributed by atoms with Crippen LogP contribution in [0.15, 0.2) is 41.3 Å². The number of halogens is 3. The number of carbonyl (C=O) groups excluding carboxylic acids is 1. The highest BCUT2D eigenvalue weighted by Crippen LogP contribution is 2.23. The first-order valence-electron chi connectivity index (χ1n) is 6.18. The Morgan fingerprint density at radius 2 is 1.78 bits per heavy atom. The van der Waals surface area contributed by atoms with Crippen LogP contribution >= 0.6 is 11.8 Å². The Bertz CT molecular complexity index is 771. The quantitative estimate of drug-likeness (QED) is 0.510. The van der Waals surface area contributed by atoms with Crippen molar-refractivity contribution >= 4 is 29.0 Å². The average molecular weight is 342 g/mol. The van der Waals surface area contributed by atoms with E-state index in [1.807, 2.05) is 0 Å². The third kappa shape index (κ3) is 4.46. The number of thioether (sulfide) groups is 1. The number of non-ortho nitro benzene ring substituents is 1. The van der Waals surface area contributed by atoms with E-state index in [0.717, 1.165) is 42.1 Å². The lowest BCUT2D eigenvalue weighted by Gasteiger charge is -2.06. The molecule has 120 valence electrons. The Kier molecular flexibility index (Phi) is 5.22. The number of nitro benzene ring substituents is 1. The first kappa shape index (κ1) is 16.8. The van der Waals surface area contributed by atoms with Crippen LogP contribution in [0.25, 0.3) is 0 Å². The first-order chi connectivity index (χ1) is 10.9. The Morgan fingerprint density at radius 3 is 2.43 bits per heavy atom. The third-order valence-corrected chi connectivity index (χ3v) is 3.69. The van der Waals surface area contributed by atoms with E-state index >= 15 is 0 Å². The molecule has 9 heteroatoms. The van der Waals surface area contributed by atoms with Crippen molar-refractivity contribution in [2.75, 3.05) is 11.1 Å². The van der Waals surface area contributed by atoms with Crippen molar-refractivity contribution in [1.82, 2.24) is 0 Å². The molecule has 1 amide bonds. The second-order valence-corrected chi connectivity index (χ2v) is 5.38. The van der Waals surface area contributed by atoms with Crippen molar-refractivity contribution in [1.29, 1.82) is 0 Å². The van der Waals surface area contributed by atoms with E-state index in [1.54, 1.807) is 0 Å². The fourth-order valence-corrected chi connectivity index (χ4v) is 2.35. The highest BCUT2D eigenvalue weighted by atomic mass is 32.2. The lowest BCUT2D eigenvalue weighted by molar-refractivity contribution is -0.384. The summed E-state index contributed by atoms with van der Waals surface area (Å²) < 4.78 is 39.3. The molecule has 0 aromatic heterocycles. The number of rotatable bonds is 5. The highest BCUT2D eigenvalue weighted by molar-refractivity contribution is 8.00. The van der Waals surface area contributed by atoms with Gasteiger partial charge in [0.25, 0.3) is 5.69 Å². The molecule has 0 aliphatic carbocycles. The summed E-state index contributed by atoms with van der Waals surface area (Å²) in [5, 5.41) is 12.8. The predicted octanol–water partition coefficient (Wildman–Crippen LogP) is 3.74. The second kappa shape index (κ2) is 7.14. The maximum atomic E-state index is 13.5. The molecule has 0 heterocycles. The summed E-state index contributed by atoms with van der Waals surface area (Å²) in [6.45, 7) is 0. The number of nitrogens with zero attached hydrogens (tertiary/aromatic N) is 1. The molecule has 0 saturated carbocycles. The van der Waals surface area contributed by atoms with Gasteiger partial charge in [-0.2, -0.15) is 0 Å². The number of amides is 1. The maximum Gasteiger partial charge on any atom is 0.271 e. The van der Waals surface area contributed by atoms with Gasteiger partial charge in [-0.25, -0.2) is 13.2 Å². The molecule has 23 heavy (non-hydrogen) atoms. The minimum absolute atomic E-state index is 0.201. The molecule has 0 atom stereocenters. The summed E-state index contributed by atoms with van der Waals surface area (Å²) in [4.78, 5) is 22.0. The van der Waals surface area contributed by atoms with Crippen LogP contribution in [0.5, 0.6) is 0 Å². The number of benzene rings is 2. The minimum Gasteiger partial charge on any atom is -0.323 e. The van der Waals surface area contributed by atoms with Crippen LogP contribution in [0.4, 0.5) is 24.5 Å². The Hall–Kier alpha value is -2.55. The molecule has 2 rings (SSSR count). The van der Waals surface area contributed by atoms with Gasteiger partial charge in [-0.1, -0.05) is 0 Å². The molecular formula is C14H9F3N2O3S. The van der Waals surface area contributed by atoms with Gasteiger partial charge in [-0.15, -0.1) is 11.8 Å². The summed E-state index contributed by atoms with van der Waals surface area (Å²) in [5.74, 6) is -3.70. The first-order valence-corrected chi connectivity index (χ1v) is 7.17. The number of nitrogens with one attached hydrogen (secondary N) is 1. The van der Waals surface area contributed by atoms with E-state index in [-0.39, 0.29) is 17.1 Å². The highest BCUT2D eigenvalue weighted by Gasteiger charge is 2.13. The summed E-state index contributed by atoms with van der Waals surface area (Å²) in [5.41, 5.74) is -0.690. The zero-order valence-corrected chi connectivity index (χ0v) is 12.2. The average Bonchev–Trinajstić information content (AvgIpc) is 2.50. The van der Waals surface area contributed by atoms with E-state index in [0.29, 0.717) is 4.90 Å². The standard InChI is InChI=1S/C14H9F3N2O3S/c15-10-4-2-9(6-12(10)17)23-7-14(20)18-13-5-8(19(21)22)1-3-11(13)16/h1-6H,7H2,(H,18,20). The number of hydrogen-bond acceptors (Lipinski definition) is 4. The van der Waals surface area contributed by atoms with Crippen LogP contribution in [0.1, 0.15) is 0 Å². The molecule has 0 aliphatic rings. The molecular weight excluding hydrogens is 333 g/mol. The van der Waals surface area contributed by atoms with Crippen molar-refractivity contribution < 1.29 is 22.9 Å². The van der Waals surface area contributed by atoms with Gasteiger partial charge in [-0.05, 0) is 24.3 Å². The fourth-order valence-electron chi connectivity index (χ4n) is 1.62. The van der Waals surface area contributed by atoms with Crippen molar-refractivity contribution in [3.63, 3.8) is 0 Å². The van der Waals surface area contributed by atoms with Gasteiger partial charge in [0.1, 0.15) is 5.82 Å². The van der Waals surface area contributed by atoms with Crippen LogP contribution in [0.3, 0.4) is 0 Å². The summed E-state index contributed by atoms with van der Waals surface area (Å²) in [7, 11) is 0. The molecule has 0 fully saturated rings. The van der Waals surface area contributed by atoms with Gasteiger partial charge in [0.2, 0.25) is 5.91 Å². The monoisotopic (exact) mass is 342 g/mol. The lowest BCUT2D eigenvalue weighted by atomic mass is 10.2. The summed E-state index contributed by atoms with van der Waals surface area (Å²) in [6.07, 6.45) is 0.